The third kappa shape index (κ3) is 3.67. The summed E-state index contributed by atoms with van der Waals surface area (Å²) in [4.78, 5) is 13.2. The summed E-state index contributed by atoms with van der Waals surface area (Å²) in [5.41, 5.74) is 4.29. The van der Waals surface area contributed by atoms with E-state index in [4.69, 9.17) is 20.8 Å². The van der Waals surface area contributed by atoms with Crippen LogP contribution in [0.2, 0.25) is 5.02 Å². The third-order valence-electron chi connectivity index (χ3n) is 4.59. The Morgan fingerprint density at radius 3 is 2.46 bits per heavy atom. The Hall–Kier alpha value is -3.04. The molecular weight excluding hydrogens is 372 g/mol. The molecule has 0 amide bonds. The van der Waals surface area contributed by atoms with Gasteiger partial charge in [0.1, 0.15) is 12.2 Å². The van der Waals surface area contributed by atoms with Crippen LogP contribution in [0, 0.1) is 13.8 Å². The molecule has 0 aliphatic heterocycles. The first-order valence-electron chi connectivity index (χ1n) is 9.03. The summed E-state index contributed by atoms with van der Waals surface area (Å²) in [6.45, 7) is 4.31. The molecular formula is C24H19ClO3. The number of hydrogen-bond acceptors (Lipinski definition) is 3. The molecule has 0 saturated heterocycles. The van der Waals surface area contributed by atoms with E-state index in [2.05, 4.69) is 0 Å². The second-order valence-electron chi connectivity index (χ2n) is 6.87. The van der Waals surface area contributed by atoms with E-state index >= 15 is 0 Å². The van der Waals surface area contributed by atoms with Crippen LogP contribution < -0.4 is 10.2 Å². The Morgan fingerprint density at radius 2 is 1.71 bits per heavy atom. The smallest absolute Gasteiger partial charge is 0.235 e. The molecule has 0 unspecified atom stereocenters. The van der Waals surface area contributed by atoms with Gasteiger partial charge in [-0.25, -0.2) is 0 Å². The maximum absolute atomic E-state index is 13.2. The van der Waals surface area contributed by atoms with Gasteiger partial charge in [0, 0.05) is 10.6 Å². The average molecular weight is 391 g/mol. The van der Waals surface area contributed by atoms with E-state index < -0.39 is 0 Å². The molecule has 3 aromatic carbocycles. The van der Waals surface area contributed by atoms with Crippen molar-refractivity contribution in [3.8, 4) is 17.1 Å². The molecule has 4 aromatic rings. The predicted molar refractivity (Wildman–Crippen MR) is 113 cm³/mol. The quantitative estimate of drug-likeness (QED) is 0.410. The van der Waals surface area contributed by atoms with Crippen LogP contribution in [0.3, 0.4) is 0 Å². The normalized spacial score (nSPS) is 11.0. The van der Waals surface area contributed by atoms with Gasteiger partial charge in [0.15, 0.2) is 5.76 Å². The van der Waals surface area contributed by atoms with Crippen molar-refractivity contribution in [3.63, 3.8) is 0 Å². The van der Waals surface area contributed by atoms with Crippen molar-refractivity contribution >= 4 is 22.6 Å². The van der Waals surface area contributed by atoms with E-state index in [0.29, 0.717) is 21.8 Å². The number of benzene rings is 3. The zero-order valence-electron chi connectivity index (χ0n) is 15.7. The molecule has 0 atom stereocenters. The van der Waals surface area contributed by atoms with Gasteiger partial charge in [-0.1, -0.05) is 71.3 Å². The SMILES string of the molecule is Cc1ccc(-c2oc3ccc(Cl)cc3c(=O)c2OCc2cccc(C)c2)cc1. The lowest BCUT2D eigenvalue weighted by Gasteiger charge is -2.12. The summed E-state index contributed by atoms with van der Waals surface area (Å²) in [7, 11) is 0. The molecule has 0 bridgehead atoms. The lowest BCUT2D eigenvalue weighted by molar-refractivity contribution is 0.298. The molecule has 0 spiro atoms. The fraction of sp³-hybridized carbons (Fsp3) is 0.125. The molecule has 0 saturated carbocycles. The molecule has 0 radical (unpaired) electrons. The number of fused-ring (bicyclic) bond motifs is 1. The summed E-state index contributed by atoms with van der Waals surface area (Å²) in [6.07, 6.45) is 0. The minimum absolute atomic E-state index is 0.195. The molecule has 4 heteroatoms. The van der Waals surface area contributed by atoms with E-state index in [-0.39, 0.29) is 17.8 Å². The first-order chi connectivity index (χ1) is 13.5. The van der Waals surface area contributed by atoms with E-state index in [1.807, 2.05) is 62.4 Å². The van der Waals surface area contributed by atoms with Gasteiger partial charge in [0.2, 0.25) is 11.2 Å². The molecule has 3 nitrogen and oxygen atoms in total. The van der Waals surface area contributed by atoms with Crippen LogP contribution >= 0.6 is 11.6 Å². The molecule has 4 rings (SSSR count). The highest BCUT2D eigenvalue weighted by Gasteiger charge is 2.18. The van der Waals surface area contributed by atoms with Gasteiger partial charge in [-0.3, -0.25) is 4.79 Å². The fourth-order valence-electron chi connectivity index (χ4n) is 3.13. The van der Waals surface area contributed by atoms with Gasteiger partial charge >= 0.3 is 0 Å². The second kappa shape index (κ2) is 7.53. The van der Waals surface area contributed by atoms with E-state index in [1.54, 1.807) is 18.2 Å². The third-order valence-corrected chi connectivity index (χ3v) is 4.83. The summed E-state index contributed by atoms with van der Waals surface area (Å²) in [5, 5.41) is 0.884. The molecule has 28 heavy (non-hydrogen) atoms. The van der Waals surface area contributed by atoms with Crippen molar-refractivity contribution in [2.45, 2.75) is 20.5 Å². The molecule has 0 fully saturated rings. The highest BCUT2D eigenvalue weighted by atomic mass is 35.5. The maximum Gasteiger partial charge on any atom is 0.235 e. The van der Waals surface area contributed by atoms with Crippen LogP contribution in [-0.4, -0.2) is 0 Å². The van der Waals surface area contributed by atoms with Crippen LogP contribution in [0.15, 0.2) is 75.9 Å². The Balaban J connectivity index is 1.85. The van der Waals surface area contributed by atoms with Crippen molar-refractivity contribution in [3.05, 3.63) is 98.7 Å². The van der Waals surface area contributed by atoms with Crippen molar-refractivity contribution in [2.75, 3.05) is 0 Å². The van der Waals surface area contributed by atoms with Gasteiger partial charge in [-0.15, -0.1) is 0 Å². The van der Waals surface area contributed by atoms with Crippen molar-refractivity contribution in [1.29, 1.82) is 0 Å². The Morgan fingerprint density at radius 1 is 0.929 bits per heavy atom. The first kappa shape index (κ1) is 18.3. The van der Waals surface area contributed by atoms with E-state index in [1.165, 1.54) is 0 Å². The van der Waals surface area contributed by atoms with Crippen LogP contribution in [-0.2, 0) is 6.61 Å². The van der Waals surface area contributed by atoms with Gasteiger partial charge in [-0.05, 0) is 37.6 Å². The first-order valence-corrected chi connectivity index (χ1v) is 9.41. The molecule has 0 N–H and O–H groups in total. The van der Waals surface area contributed by atoms with Crippen LogP contribution in [0.4, 0.5) is 0 Å². The Bertz CT molecular complexity index is 1210. The number of rotatable bonds is 4. The Labute approximate surface area is 168 Å². The number of aryl methyl sites for hydroxylation is 2. The van der Waals surface area contributed by atoms with Crippen molar-refractivity contribution < 1.29 is 9.15 Å². The summed E-state index contributed by atoms with van der Waals surface area (Å²) < 4.78 is 12.1. The topological polar surface area (TPSA) is 39.4 Å². The van der Waals surface area contributed by atoms with Gasteiger partial charge in [0.25, 0.3) is 0 Å². The van der Waals surface area contributed by atoms with Crippen LogP contribution in [0.5, 0.6) is 5.75 Å². The zero-order valence-corrected chi connectivity index (χ0v) is 16.4. The molecule has 1 heterocycles. The monoisotopic (exact) mass is 390 g/mol. The average Bonchev–Trinajstić information content (AvgIpc) is 2.68. The highest BCUT2D eigenvalue weighted by molar-refractivity contribution is 6.31. The minimum atomic E-state index is -0.230. The summed E-state index contributed by atoms with van der Waals surface area (Å²) in [5.74, 6) is 0.618. The van der Waals surface area contributed by atoms with E-state index in [0.717, 1.165) is 22.3 Å². The molecule has 140 valence electrons. The number of hydrogen-bond donors (Lipinski definition) is 0. The zero-order chi connectivity index (χ0) is 19.7. The maximum atomic E-state index is 13.2. The van der Waals surface area contributed by atoms with Crippen molar-refractivity contribution in [1.82, 2.24) is 0 Å². The van der Waals surface area contributed by atoms with Crippen LogP contribution in [0.1, 0.15) is 16.7 Å². The van der Waals surface area contributed by atoms with Crippen molar-refractivity contribution in [2.24, 2.45) is 0 Å². The number of ether oxygens (including phenoxy) is 1. The minimum Gasteiger partial charge on any atom is -0.481 e. The lowest BCUT2D eigenvalue weighted by atomic mass is 10.1. The largest absolute Gasteiger partial charge is 0.481 e. The standard InChI is InChI=1S/C24H19ClO3/c1-15-6-8-18(9-7-15)23-24(27-14-17-5-3-4-16(2)12-17)22(26)20-13-19(25)10-11-21(20)28-23/h3-13H,14H2,1-2H3. The Kier molecular flexibility index (Phi) is 4.93. The lowest BCUT2D eigenvalue weighted by Crippen LogP contribution is -2.10. The number of halogens is 1. The summed E-state index contributed by atoms with van der Waals surface area (Å²) >= 11 is 6.09. The molecule has 0 aliphatic rings. The molecule has 1 aromatic heterocycles. The van der Waals surface area contributed by atoms with E-state index in [9.17, 15) is 4.79 Å². The van der Waals surface area contributed by atoms with Gasteiger partial charge in [-0.2, -0.15) is 0 Å². The second-order valence-corrected chi connectivity index (χ2v) is 7.31. The molecule has 0 aliphatic carbocycles. The summed E-state index contributed by atoms with van der Waals surface area (Å²) in [6, 6.07) is 20.8. The van der Waals surface area contributed by atoms with Gasteiger partial charge in [0.05, 0.1) is 5.39 Å². The van der Waals surface area contributed by atoms with Crippen LogP contribution in [0.25, 0.3) is 22.3 Å². The predicted octanol–water partition coefficient (Wildman–Crippen LogP) is 6.31. The highest BCUT2D eigenvalue weighted by Crippen LogP contribution is 2.32. The van der Waals surface area contributed by atoms with Gasteiger partial charge < -0.3 is 9.15 Å². The fourth-order valence-corrected chi connectivity index (χ4v) is 3.31.